The van der Waals surface area contributed by atoms with Gasteiger partial charge in [-0.25, -0.2) is 14.4 Å². The van der Waals surface area contributed by atoms with Crippen molar-refractivity contribution in [3.05, 3.63) is 84.6 Å². The molecule has 0 unspecified atom stereocenters. The van der Waals surface area contributed by atoms with Crippen LogP contribution in [0.5, 0.6) is 0 Å². The molecule has 2 aromatic carbocycles. The minimum absolute atomic E-state index is 0.297. The van der Waals surface area contributed by atoms with Crippen LogP contribution < -0.4 is 11.1 Å². The maximum atomic E-state index is 13.6. The van der Waals surface area contributed by atoms with Crippen molar-refractivity contribution in [1.29, 1.82) is 0 Å². The summed E-state index contributed by atoms with van der Waals surface area (Å²) in [4.78, 5) is 14.1. The summed E-state index contributed by atoms with van der Waals surface area (Å²) in [5.74, 6) is 0.844. The van der Waals surface area contributed by atoms with E-state index in [0.29, 0.717) is 41.9 Å². The fourth-order valence-electron chi connectivity index (χ4n) is 3.93. The van der Waals surface area contributed by atoms with E-state index in [2.05, 4.69) is 29.2 Å². The van der Waals surface area contributed by atoms with Gasteiger partial charge in [-0.05, 0) is 56.3 Å². The largest absolute Gasteiger partial charge is 0.382 e. The molecule has 0 fully saturated rings. The summed E-state index contributed by atoms with van der Waals surface area (Å²) < 4.78 is 15.5. The predicted octanol–water partition coefficient (Wildman–Crippen LogP) is 5.51. The summed E-state index contributed by atoms with van der Waals surface area (Å²) in [6.07, 6.45) is 4.29. The number of benzene rings is 2. The number of anilines is 2. The maximum absolute atomic E-state index is 13.6. The molecule has 5 aromatic rings. The van der Waals surface area contributed by atoms with Crippen molar-refractivity contribution in [3.63, 3.8) is 0 Å². The minimum Gasteiger partial charge on any atom is -0.382 e. The molecule has 8 heteroatoms. The van der Waals surface area contributed by atoms with E-state index in [1.807, 2.05) is 47.3 Å². The molecule has 0 aliphatic carbocycles. The first-order valence-electron chi connectivity index (χ1n) is 11.5. The second kappa shape index (κ2) is 9.50. The first-order chi connectivity index (χ1) is 17.0. The van der Waals surface area contributed by atoms with E-state index >= 15 is 0 Å². The van der Waals surface area contributed by atoms with Gasteiger partial charge in [-0.15, -0.1) is 0 Å². The Kier molecular flexibility index (Phi) is 6.10. The van der Waals surface area contributed by atoms with Crippen LogP contribution in [-0.4, -0.2) is 31.3 Å². The molecule has 176 valence electrons. The fraction of sp³-hybridized carbons (Fsp3) is 0.185. The Balaban J connectivity index is 1.50. The topological polar surface area (TPSA) is 94.5 Å². The van der Waals surface area contributed by atoms with E-state index in [-0.39, 0.29) is 5.82 Å². The molecule has 35 heavy (non-hydrogen) atoms. The third kappa shape index (κ3) is 4.82. The molecule has 0 amide bonds. The average molecular weight is 468 g/mol. The number of nitrogens with zero attached hydrogens (tertiary/aromatic N) is 5. The number of fused-ring (bicyclic) bond motifs is 1. The van der Waals surface area contributed by atoms with Gasteiger partial charge >= 0.3 is 0 Å². The summed E-state index contributed by atoms with van der Waals surface area (Å²) in [5.41, 5.74) is 10.9. The highest BCUT2D eigenvalue weighted by Gasteiger charge is 2.16. The molecule has 0 aliphatic heterocycles. The third-order valence-corrected chi connectivity index (χ3v) is 5.80. The number of rotatable bonds is 7. The number of nitrogens with two attached hydrogens (primary N) is 1. The minimum atomic E-state index is -0.310. The first kappa shape index (κ1) is 22.5. The lowest BCUT2D eigenvalue weighted by molar-refractivity contribution is 0.534. The standard InChI is InChI=1S/C27H26FN7/c1-17(2)35-15-12-24(34-35)31-14-11-23-27(29)33-25(18-5-8-21(28)9-6-18)26(32-23)20-7-10-22-19(16-20)4-3-13-30-22/h3-10,12-13,15-17H,11,14H2,1-2H3,(H2,29,33)(H,31,34). The summed E-state index contributed by atoms with van der Waals surface area (Å²) in [6, 6.07) is 18.3. The van der Waals surface area contributed by atoms with Crippen LogP contribution in [-0.2, 0) is 6.42 Å². The number of halogens is 1. The van der Waals surface area contributed by atoms with Gasteiger partial charge in [-0.3, -0.25) is 9.67 Å². The van der Waals surface area contributed by atoms with Crippen molar-refractivity contribution < 1.29 is 4.39 Å². The first-order valence-corrected chi connectivity index (χ1v) is 11.5. The van der Waals surface area contributed by atoms with Crippen molar-refractivity contribution in [2.75, 3.05) is 17.6 Å². The van der Waals surface area contributed by atoms with Crippen molar-refractivity contribution in [2.45, 2.75) is 26.3 Å². The SMILES string of the molecule is CC(C)n1ccc(NCCc2nc(-c3ccc4ncccc4c3)c(-c3ccc(F)cc3)nc2N)n1. The zero-order valence-electron chi connectivity index (χ0n) is 19.6. The summed E-state index contributed by atoms with van der Waals surface area (Å²) in [6.45, 7) is 4.77. The maximum Gasteiger partial charge on any atom is 0.148 e. The molecule has 0 aliphatic rings. The highest BCUT2D eigenvalue weighted by Crippen LogP contribution is 2.32. The van der Waals surface area contributed by atoms with Crippen LogP contribution in [0.3, 0.4) is 0 Å². The zero-order chi connectivity index (χ0) is 24.4. The Hall–Kier alpha value is -4.33. The van der Waals surface area contributed by atoms with Gasteiger partial charge in [0, 0.05) is 54.0 Å². The lowest BCUT2D eigenvalue weighted by atomic mass is 10.0. The molecule has 3 aromatic heterocycles. The molecule has 0 saturated carbocycles. The van der Waals surface area contributed by atoms with Crippen LogP contribution in [0.2, 0.25) is 0 Å². The van der Waals surface area contributed by atoms with Gasteiger partial charge in [0.25, 0.3) is 0 Å². The van der Waals surface area contributed by atoms with Crippen LogP contribution in [0.4, 0.5) is 16.0 Å². The van der Waals surface area contributed by atoms with Crippen LogP contribution >= 0.6 is 0 Å². The lowest BCUT2D eigenvalue weighted by Gasteiger charge is -2.14. The molecule has 0 atom stereocenters. The van der Waals surface area contributed by atoms with Crippen molar-refractivity contribution >= 4 is 22.5 Å². The Morgan fingerprint density at radius 2 is 1.74 bits per heavy atom. The monoisotopic (exact) mass is 467 g/mol. The van der Waals surface area contributed by atoms with Crippen molar-refractivity contribution in [3.8, 4) is 22.5 Å². The van der Waals surface area contributed by atoms with Crippen LogP contribution in [0, 0.1) is 5.82 Å². The molecule has 0 bridgehead atoms. The van der Waals surface area contributed by atoms with Crippen molar-refractivity contribution in [1.82, 2.24) is 24.7 Å². The number of hydrogen-bond donors (Lipinski definition) is 2. The summed E-state index contributed by atoms with van der Waals surface area (Å²) in [7, 11) is 0. The highest BCUT2D eigenvalue weighted by atomic mass is 19.1. The molecular formula is C27H26FN7. The van der Waals surface area contributed by atoms with Gasteiger partial charge in [-0.2, -0.15) is 5.10 Å². The fourth-order valence-corrected chi connectivity index (χ4v) is 3.93. The molecule has 5 rings (SSSR count). The molecule has 3 heterocycles. The Morgan fingerprint density at radius 1 is 0.971 bits per heavy atom. The number of pyridine rings is 1. The van der Waals surface area contributed by atoms with Crippen LogP contribution in [0.25, 0.3) is 33.4 Å². The van der Waals surface area contributed by atoms with E-state index in [1.165, 1.54) is 12.1 Å². The normalized spacial score (nSPS) is 11.3. The van der Waals surface area contributed by atoms with Gasteiger partial charge < -0.3 is 11.1 Å². The van der Waals surface area contributed by atoms with E-state index in [1.54, 1.807) is 18.3 Å². The predicted molar refractivity (Wildman–Crippen MR) is 137 cm³/mol. The van der Waals surface area contributed by atoms with Crippen molar-refractivity contribution in [2.24, 2.45) is 0 Å². The Bertz CT molecular complexity index is 1480. The molecule has 3 N–H and O–H groups in total. The van der Waals surface area contributed by atoms with Crippen LogP contribution in [0.1, 0.15) is 25.6 Å². The second-order valence-corrected chi connectivity index (χ2v) is 8.62. The Labute approximate surface area is 202 Å². The van der Waals surface area contributed by atoms with Gasteiger partial charge in [0.2, 0.25) is 0 Å². The molecule has 0 saturated heterocycles. The lowest BCUT2D eigenvalue weighted by Crippen LogP contribution is -2.12. The van der Waals surface area contributed by atoms with Gasteiger partial charge in [0.05, 0.1) is 22.6 Å². The van der Waals surface area contributed by atoms with E-state index < -0.39 is 0 Å². The number of hydrogen-bond acceptors (Lipinski definition) is 6. The number of nitrogens with one attached hydrogen (secondary N) is 1. The van der Waals surface area contributed by atoms with Gasteiger partial charge in [0.1, 0.15) is 17.5 Å². The van der Waals surface area contributed by atoms with E-state index in [9.17, 15) is 4.39 Å². The molecule has 7 nitrogen and oxygen atoms in total. The van der Waals surface area contributed by atoms with Gasteiger partial charge in [-0.1, -0.05) is 12.1 Å². The number of nitrogen functional groups attached to an aromatic ring is 1. The third-order valence-electron chi connectivity index (χ3n) is 5.80. The van der Waals surface area contributed by atoms with Crippen LogP contribution in [0.15, 0.2) is 73.1 Å². The zero-order valence-corrected chi connectivity index (χ0v) is 19.6. The number of aromatic nitrogens is 5. The highest BCUT2D eigenvalue weighted by molar-refractivity contribution is 5.87. The Morgan fingerprint density at radius 3 is 2.51 bits per heavy atom. The molecular weight excluding hydrogens is 441 g/mol. The molecule has 0 spiro atoms. The van der Waals surface area contributed by atoms with E-state index in [4.69, 9.17) is 15.7 Å². The van der Waals surface area contributed by atoms with E-state index in [0.717, 1.165) is 27.8 Å². The summed E-state index contributed by atoms with van der Waals surface area (Å²) in [5, 5.41) is 8.84. The van der Waals surface area contributed by atoms with Gasteiger partial charge in [0.15, 0.2) is 0 Å². The second-order valence-electron chi connectivity index (χ2n) is 8.62. The smallest absolute Gasteiger partial charge is 0.148 e. The quantitative estimate of drug-likeness (QED) is 0.328. The summed E-state index contributed by atoms with van der Waals surface area (Å²) >= 11 is 0. The molecule has 0 radical (unpaired) electrons. The average Bonchev–Trinajstić information content (AvgIpc) is 3.34.